The number of ether oxygens (including phenoxy) is 1. The molecule has 2 unspecified atom stereocenters. The van der Waals surface area contributed by atoms with Gasteiger partial charge in [0.2, 0.25) is 5.88 Å². The minimum atomic E-state index is -0.450. The third-order valence-corrected chi connectivity index (χ3v) is 4.95. The highest BCUT2D eigenvalue weighted by molar-refractivity contribution is 5.95. The summed E-state index contributed by atoms with van der Waals surface area (Å²) in [7, 11) is 0. The van der Waals surface area contributed by atoms with E-state index in [4.69, 9.17) is 4.74 Å². The van der Waals surface area contributed by atoms with Crippen molar-refractivity contribution in [1.82, 2.24) is 9.88 Å². The number of hydrogen-bond acceptors (Lipinski definition) is 3. The first kappa shape index (κ1) is 15.1. The van der Waals surface area contributed by atoms with Gasteiger partial charge < -0.3 is 9.64 Å². The van der Waals surface area contributed by atoms with Crippen LogP contribution in [0.5, 0.6) is 5.88 Å². The van der Waals surface area contributed by atoms with E-state index in [9.17, 15) is 9.18 Å². The summed E-state index contributed by atoms with van der Waals surface area (Å²) >= 11 is 0. The fourth-order valence-corrected chi connectivity index (χ4v) is 3.92. The number of pyridine rings is 1. The summed E-state index contributed by atoms with van der Waals surface area (Å²) in [5.74, 6) is -0.0265. The van der Waals surface area contributed by atoms with Crippen molar-refractivity contribution in [3.8, 4) is 5.88 Å². The predicted octanol–water partition coefficient (Wildman–Crippen LogP) is 3.44. The molecule has 2 aromatic rings. The van der Waals surface area contributed by atoms with E-state index in [0.717, 1.165) is 25.7 Å². The van der Waals surface area contributed by atoms with Gasteiger partial charge in [-0.1, -0.05) is 18.2 Å². The van der Waals surface area contributed by atoms with Crippen molar-refractivity contribution in [2.24, 2.45) is 0 Å². The van der Waals surface area contributed by atoms with Crippen LogP contribution in [0.15, 0.2) is 48.7 Å². The summed E-state index contributed by atoms with van der Waals surface area (Å²) in [6.07, 6.45) is 5.21. The molecule has 4 nitrogen and oxygen atoms in total. The van der Waals surface area contributed by atoms with Crippen molar-refractivity contribution in [3.05, 3.63) is 60.0 Å². The van der Waals surface area contributed by atoms with Crippen LogP contribution in [-0.4, -0.2) is 34.0 Å². The Kier molecular flexibility index (Phi) is 3.92. The van der Waals surface area contributed by atoms with Gasteiger partial charge in [0.05, 0.1) is 5.56 Å². The number of benzene rings is 1. The molecule has 1 aromatic heterocycles. The second-order valence-electron chi connectivity index (χ2n) is 6.46. The molecule has 0 saturated carbocycles. The molecule has 1 aromatic carbocycles. The van der Waals surface area contributed by atoms with Gasteiger partial charge in [-0.3, -0.25) is 4.79 Å². The number of fused-ring (bicyclic) bond motifs is 2. The number of nitrogens with zero attached hydrogens (tertiary/aromatic N) is 2. The zero-order valence-electron chi connectivity index (χ0n) is 13.3. The molecule has 0 radical (unpaired) electrons. The first-order chi connectivity index (χ1) is 11.7. The van der Waals surface area contributed by atoms with Crippen molar-refractivity contribution in [2.75, 3.05) is 0 Å². The Labute approximate surface area is 140 Å². The van der Waals surface area contributed by atoms with Crippen molar-refractivity contribution in [3.63, 3.8) is 0 Å². The summed E-state index contributed by atoms with van der Waals surface area (Å²) in [5, 5.41) is 0. The normalized spacial score (nSPS) is 25.5. The molecule has 2 aliphatic rings. The molecule has 124 valence electrons. The van der Waals surface area contributed by atoms with E-state index in [1.54, 1.807) is 24.4 Å². The van der Waals surface area contributed by atoms with Gasteiger partial charge in [-0.2, -0.15) is 0 Å². The number of amides is 1. The Hall–Kier alpha value is -2.43. The molecule has 0 spiro atoms. The van der Waals surface area contributed by atoms with Gasteiger partial charge in [-0.25, -0.2) is 9.37 Å². The quantitative estimate of drug-likeness (QED) is 0.868. The van der Waals surface area contributed by atoms with Gasteiger partial charge in [0.1, 0.15) is 11.9 Å². The number of aromatic nitrogens is 1. The lowest BCUT2D eigenvalue weighted by molar-refractivity contribution is 0.0344. The zero-order valence-corrected chi connectivity index (χ0v) is 13.3. The molecular formula is C19H19FN2O2. The summed E-state index contributed by atoms with van der Waals surface area (Å²) in [4.78, 5) is 18.9. The standard InChI is InChI=1S/C19H19FN2O2/c20-17-6-2-1-5-16(17)19(23)22-13-8-9-14(22)12-15(11-13)24-18-7-3-4-10-21-18/h1-7,10,13-15H,8-9,11-12H2. The third-order valence-electron chi connectivity index (χ3n) is 4.95. The highest BCUT2D eigenvalue weighted by atomic mass is 19.1. The molecule has 2 atom stereocenters. The minimum absolute atomic E-state index is 0.0575. The van der Waals surface area contributed by atoms with Gasteiger partial charge in [-0.15, -0.1) is 0 Å². The maximum atomic E-state index is 14.0. The lowest BCUT2D eigenvalue weighted by Crippen LogP contribution is -2.49. The van der Waals surface area contributed by atoms with E-state index in [0.29, 0.717) is 5.88 Å². The van der Waals surface area contributed by atoms with Crippen LogP contribution in [0.25, 0.3) is 0 Å². The summed E-state index contributed by atoms with van der Waals surface area (Å²) < 4.78 is 19.9. The molecule has 2 bridgehead atoms. The van der Waals surface area contributed by atoms with Crippen molar-refractivity contribution in [1.29, 1.82) is 0 Å². The second kappa shape index (κ2) is 6.23. The smallest absolute Gasteiger partial charge is 0.257 e. The summed E-state index contributed by atoms with van der Waals surface area (Å²) in [6.45, 7) is 0. The van der Waals surface area contributed by atoms with Gasteiger partial charge in [0, 0.05) is 37.2 Å². The van der Waals surface area contributed by atoms with E-state index >= 15 is 0 Å². The maximum absolute atomic E-state index is 14.0. The molecule has 24 heavy (non-hydrogen) atoms. The van der Waals surface area contributed by atoms with Crippen LogP contribution < -0.4 is 4.74 Å². The van der Waals surface area contributed by atoms with Crippen LogP contribution in [0.1, 0.15) is 36.0 Å². The first-order valence-electron chi connectivity index (χ1n) is 8.37. The minimum Gasteiger partial charge on any atom is -0.474 e. The Balaban J connectivity index is 1.49. The lowest BCUT2D eigenvalue weighted by atomic mass is 9.98. The highest BCUT2D eigenvalue weighted by Gasteiger charge is 2.44. The fourth-order valence-electron chi connectivity index (χ4n) is 3.92. The highest BCUT2D eigenvalue weighted by Crippen LogP contribution is 2.38. The molecule has 2 saturated heterocycles. The predicted molar refractivity (Wildman–Crippen MR) is 87.3 cm³/mol. The Bertz CT molecular complexity index is 723. The molecule has 1 amide bonds. The summed E-state index contributed by atoms with van der Waals surface area (Å²) in [6, 6.07) is 12.0. The van der Waals surface area contributed by atoms with Crippen LogP contribution in [0.4, 0.5) is 4.39 Å². The fraction of sp³-hybridized carbons (Fsp3) is 0.368. The molecule has 5 heteroatoms. The van der Waals surface area contributed by atoms with Gasteiger partial charge in [0.25, 0.3) is 5.91 Å². The number of carbonyl (C=O) groups is 1. The van der Waals surface area contributed by atoms with Crippen LogP contribution in [-0.2, 0) is 0 Å². The number of hydrogen-bond donors (Lipinski definition) is 0. The number of carbonyl (C=O) groups excluding carboxylic acids is 1. The monoisotopic (exact) mass is 326 g/mol. The van der Waals surface area contributed by atoms with Crippen molar-refractivity contribution in [2.45, 2.75) is 43.9 Å². The Morgan fingerprint density at radius 2 is 1.79 bits per heavy atom. The molecule has 0 aliphatic carbocycles. The van der Waals surface area contributed by atoms with Gasteiger partial charge >= 0.3 is 0 Å². The van der Waals surface area contributed by atoms with Gasteiger partial charge in [0.15, 0.2) is 0 Å². The largest absolute Gasteiger partial charge is 0.474 e. The zero-order chi connectivity index (χ0) is 16.5. The Morgan fingerprint density at radius 1 is 1.08 bits per heavy atom. The van der Waals surface area contributed by atoms with E-state index in [-0.39, 0.29) is 29.7 Å². The first-order valence-corrected chi connectivity index (χ1v) is 8.37. The SMILES string of the molecule is O=C(c1ccccc1F)N1C2CCC1CC(Oc1ccccn1)C2. The van der Waals surface area contributed by atoms with E-state index < -0.39 is 5.82 Å². The summed E-state index contributed by atoms with van der Waals surface area (Å²) in [5.41, 5.74) is 0.165. The van der Waals surface area contributed by atoms with Crippen LogP contribution in [0.2, 0.25) is 0 Å². The number of piperidine rings is 1. The number of rotatable bonds is 3. The van der Waals surface area contributed by atoms with E-state index in [1.165, 1.54) is 6.07 Å². The average Bonchev–Trinajstić information content (AvgIpc) is 2.86. The van der Waals surface area contributed by atoms with Crippen LogP contribution >= 0.6 is 0 Å². The maximum Gasteiger partial charge on any atom is 0.257 e. The van der Waals surface area contributed by atoms with Crippen molar-refractivity contribution < 1.29 is 13.9 Å². The van der Waals surface area contributed by atoms with E-state index in [1.807, 2.05) is 23.1 Å². The van der Waals surface area contributed by atoms with Crippen LogP contribution in [0, 0.1) is 5.82 Å². The molecule has 2 aliphatic heterocycles. The molecule has 0 N–H and O–H groups in total. The van der Waals surface area contributed by atoms with Gasteiger partial charge in [-0.05, 0) is 31.0 Å². The topological polar surface area (TPSA) is 42.4 Å². The number of halogens is 1. The van der Waals surface area contributed by atoms with Crippen molar-refractivity contribution >= 4 is 5.91 Å². The lowest BCUT2D eigenvalue weighted by Gasteiger charge is -2.38. The van der Waals surface area contributed by atoms with E-state index in [2.05, 4.69) is 4.98 Å². The molecule has 4 rings (SSSR count). The molecule has 3 heterocycles. The third kappa shape index (κ3) is 2.75. The molecule has 2 fully saturated rings. The second-order valence-corrected chi connectivity index (χ2v) is 6.46. The molecular weight excluding hydrogens is 307 g/mol. The Morgan fingerprint density at radius 3 is 2.46 bits per heavy atom. The average molecular weight is 326 g/mol. The van der Waals surface area contributed by atoms with Crippen LogP contribution in [0.3, 0.4) is 0 Å².